The van der Waals surface area contributed by atoms with Crippen molar-refractivity contribution < 1.29 is 14.0 Å². The van der Waals surface area contributed by atoms with E-state index >= 15 is 0 Å². The molecule has 5 nitrogen and oxygen atoms in total. The van der Waals surface area contributed by atoms with E-state index in [2.05, 4.69) is 38.8 Å². The summed E-state index contributed by atoms with van der Waals surface area (Å²) >= 11 is 4.86. The lowest BCUT2D eigenvalue weighted by Crippen LogP contribution is -2.38. The molecule has 3 rings (SSSR count). The molecule has 0 unspecified atom stereocenters. The van der Waals surface area contributed by atoms with Gasteiger partial charge in [0.05, 0.1) is 6.54 Å². The number of likely N-dealkylation sites (N-methyl/N-ethyl adjacent to an activating group) is 1. The summed E-state index contributed by atoms with van der Waals surface area (Å²) in [6.07, 6.45) is 0.762. The van der Waals surface area contributed by atoms with Crippen LogP contribution in [0.3, 0.4) is 0 Å². The Morgan fingerprint density at radius 3 is 2.80 bits per heavy atom. The normalized spacial score (nSPS) is 10.8. The lowest BCUT2D eigenvalue weighted by Gasteiger charge is -2.15. The van der Waals surface area contributed by atoms with Crippen LogP contribution in [0.1, 0.15) is 16.1 Å². The minimum absolute atomic E-state index is 0.0124. The second-order valence-corrected chi connectivity index (χ2v) is 7.31. The van der Waals surface area contributed by atoms with Gasteiger partial charge in [-0.2, -0.15) is 0 Å². The lowest BCUT2D eigenvalue weighted by atomic mass is 10.1. The van der Waals surface area contributed by atoms with Gasteiger partial charge >= 0.3 is 0 Å². The SMILES string of the molecule is CN(CC(=O)NCCc1csc2ccccc12)C(=O)c1ccc(Br)o1. The van der Waals surface area contributed by atoms with Crippen LogP contribution in [0.5, 0.6) is 0 Å². The van der Waals surface area contributed by atoms with Crippen molar-refractivity contribution in [2.75, 3.05) is 20.1 Å². The number of amides is 2. The topological polar surface area (TPSA) is 62.6 Å². The van der Waals surface area contributed by atoms with Gasteiger partial charge < -0.3 is 14.6 Å². The molecule has 0 atom stereocenters. The molecule has 25 heavy (non-hydrogen) atoms. The largest absolute Gasteiger partial charge is 0.444 e. The van der Waals surface area contributed by atoms with Crippen molar-refractivity contribution in [3.63, 3.8) is 0 Å². The van der Waals surface area contributed by atoms with Gasteiger partial charge in [0.2, 0.25) is 5.91 Å². The first-order valence-electron chi connectivity index (χ1n) is 7.77. The van der Waals surface area contributed by atoms with E-state index in [1.54, 1.807) is 30.5 Å². The Morgan fingerprint density at radius 2 is 2.04 bits per heavy atom. The van der Waals surface area contributed by atoms with E-state index < -0.39 is 0 Å². The number of rotatable bonds is 6. The van der Waals surface area contributed by atoms with E-state index in [4.69, 9.17) is 4.42 Å². The third kappa shape index (κ3) is 4.29. The summed E-state index contributed by atoms with van der Waals surface area (Å²) in [5.41, 5.74) is 1.23. The van der Waals surface area contributed by atoms with Gasteiger partial charge in [-0.25, -0.2) is 0 Å². The van der Waals surface area contributed by atoms with E-state index in [0.717, 1.165) is 6.42 Å². The Balaban J connectivity index is 1.48. The van der Waals surface area contributed by atoms with Crippen LogP contribution in [0.4, 0.5) is 0 Å². The first kappa shape index (κ1) is 17.7. The third-order valence-electron chi connectivity index (χ3n) is 3.79. The molecule has 0 saturated carbocycles. The predicted molar refractivity (Wildman–Crippen MR) is 102 cm³/mol. The van der Waals surface area contributed by atoms with Crippen LogP contribution in [-0.4, -0.2) is 36.9 Å². The number of halogens is 1. The molecule has 1 aromatic carbocycles. The Kier molecular flexibility index (Phi) is 5.55. The fourth-order valence-corrected chi connectivity index (χ4v) is 3.83. The fraction of sp³-hybridized carbons (Fsp3) is 0.222. The number of furan rings is 1. The third-order valence-corrected chi connectivity index (χ3v) is 5.23. The van der Waals surface area contributed by atoms with Gasteiger partial charge in [0.1, 0.15) is 0 Å². The summed E-state index contributed by atoms with van der Waals surface area (Å²) in [6, 6.07) is 11.4. The van der Waals surface area contributed by atoms with Crippen LogP contribution in [-0.2, 0) is 11.2 Å². The molecule has 2 amide bonds. The average molecular weight is 421 g/mol. The number of fused-ring (bicyclic) bond motifs is 1. The highest BCUT2D eigenvalue weighted by Crippen LogP contribution is 2.25. The highest BCUT2D eigenvalue weighted by molar-refractivity contribution is 9.10. The Morgan fingerprint density at radius 1 is 1.24 bits per heavy atom. The summed E-state index contributed by atoms with van der Waals surface area (Å²) < 4.78 is 6.95. The van der Waals surface area contributed by atoms with E-state index in [1.165, 1.54) is 20.5 Å². The molecule has 0 aliphatic carbocycles. The molecule has 2 aromatic heterocycles. The van der Waals surface area contributed by atoms with Crippen molar-refractivity contribution in [1.82, 2.24) is 10.2 Å². The highest BCUT2D eigenvalue weighted by Gasteiger charge is 2.18. The number of carbonyl (C=O) groups is 2. The van der Waals surface area contributed by atoms with Crippen LogP contribution >= 0.6 is 27.3 Å². The molecule has 0 fully saturated rings. The molecule has 2 heterocycles. The summed E-state index contributed by atoms with van der Waals surface area (Å²) in [7, 11) is 1.57. The zero-order valence-corrected chi connectivity index (χ0v) is 16.0. The van der Waals surface area contributed by atoms with Gasteiger partial charge in [-0.1, -0.05) is 18.2 Å². The number of nitrogens with one attached hydrogen (secondary N) is 1. The number of thiophene rings is 1. The second kappa shape index (κ2) is 7.84. The van der Waals surface area contributed by atoms with Crippen LogP contribution < -0.4 is 5.32 Å². The summed E-state index contributed by atoms with van der Waals surface area (Å²) in [6.45, 7) is 0.523. The monoisotopic (exact) mass is 420 g/mol. The zero-order valence-electron chi connectivity index (χ0n) is 13.6. The maximum atomic E-state index is 12.1. The Labute approximate surface area is 157 Å². The van der Waals surface area contributed by atoms with Crippen molar-refractivity contribution in [1.29, 1.82) is 0 Å². The van der Waals surface area contributed by atoms with Gasteiger partial charge in [-0.15, -0.1) is 11.3 Å². The average Bonchev–Trinajstić information content (AvgIpc) is 3.21. The van der Waals surface area contributed by atoms with Crippen LogP contribution in [0.25, 0.3) is 10.1 Å². The molecule has 1 N–H and O–H groups in total. The Bertz CT molecular complexity index is 903. The van der Waals surface area contributed by atoms with E-state index in [9.17, 15) is 9.59 Å². The van der Waals surface area contributed by atoms with Gasteiger partial charge in [0.25, 0.3) is 5.91 Å². The van der Waals surface area contributed by atoms with Crippen molar-refractivity contribution in [3.05, 3.63) is 57.8 Å². The second-order valence-electron chi connectivity index (χ2n) is 5.62. The van der Waals surface area contributed by atoms with Gasteiger partial charge in [0.15, 0.2) is 10.4 Å². The van der Waals surface area contributed by atoms with Crippen molar-refractivity contribution in [2.45, 2.75) is 6.42 Å². The highest BCUT2D eigenvalue weighted by atomic mass is 79.9. The number of hydrogen-bond donors (Lipinski definition) is 1. The molecule has 3 aromatic rings. The van der Waals surface area contributed by atoms with Crippen LogP contribution in [0.2, 0.25) is 0 Å². The van der Waals surface area contributed by atoms with Crippen molar-refractivity contribution in [2.24, 2.45) is 0 Å². The molecule has 0 bridgehead atoms. The summed E-state index contributed by atoms with van der Waals surface area (Å²) in [4.78, 5) is 25.5. The first-order chi connectivity index (χ1) is 12.0. The van der Waals surface area contributed by atoms with E-state index in [0.29, 0.717) is 11.2 Å². The molecular weight excluding hydrogens is 404 g/mol. The van der Waals surface area contributed by atoms with Crippen LogP contribution in [0.15, 0.2) is 50.9 Å². The number of carbonyl (C=O) groups excluding carboxylic acids is 2. The van der Waals surface area contributed by atoms with Crippen molar-refractivity contribution in [3.8, 4) is 0 Å². The quantitative estimate of drug-likeness (QED) is 0.661. The minimum Gasteiger partial charge on any atom is -0.444 e. The van der Waals surface area contributed by atoms with Gasteiger partial charge in [-0.05, 0) is 56.9 Å². The lowest BCUT2D eigenvalue weighted by molar-refractivity contribution is -0.121. The maximum absolute atomic E-state index is 12.1. The van der Waals surface area contributed by atoms with Gasteiger partial charge in [0, 0.05) is 18.3 Å². The van der Waals surface area contributed by atoms with E-state index in [-0.39, 0.29) is 24.1 Å². The molecule has 130 valence electrons. The Hall–Kier alpha value is -2.12. The predicted octanol–water partition coefficient (Wildman–Crippen LogP) is 3.69. The number of nitrogens with zero attached hydrogens (tertiary/aromatic N) is 1. The van der Waals surface area contributed by atoms with Gasteiger partial charge in [-0.3, -0.25) is 9.59 Å². The molecule has 0 saturated heterocycles. The molecular formula is C18H17BrN2O3S. The summed E-state index contributed by atoms with van der Waals surface area (Å²) in [5, 5.41) is 6.22. The molecule has 0 radical (unpaired) electrons. The standard InChI is InChI=1S/C18H17BrN2O3S/c1-21(18(23)14-6-7-16(19)24-14)10-17(22)20-9-8-12-11-25-15-5-3-2-4-13(12)15/h2-7,11H,8-10H2,1H3,(H,20,22). The maximum Gasteiger partial charge on any atom is 0.289 e. The summed E-state index contributed by atoms with van der Waals surface area (Å²) in [5.74, 6) is -0.322. The molecule has 0 spiro atoms. The smallest absolute Gasteiger partial charge is 0.289 e. The fourth-order valence-electron chi connectivity index (χ4n) is 2.52. The molecule has 0 aliphatic rings. The molecule has 0 aliphatic heterocycles. The minimum atomic E-state index is -0.329. The molecule has 7 heteroatoms. The first-order valence-corrected chi connectivity index (χ1v) is 9.44. The zero-order chi connectivity index (χ0) is 17.8. The number of benzene rings is 1. The van der Waals surface area contributed by atoms with Crippen molar-refractivity contribution >= 4 is 49.2 Å². The number of hydrogen-bond acceptors (Lipinski definition) is 4. The van der Waals surface area contributed by atoms with Crippen LogP contribution in [0, 0.1) is 0 Å². The van der Waals surface area contributed by atoms with E-state index in [1.807, 2.05) is 12.1 Å².